The quantitative estimate of drug-likeness (QED) is 0.856. The molecule has 4 nitrogen and oxygen atoms in total. The molecule has 1 amide bonds. The van der Waals surface area contributed by atoms with E-state index in [0.29, 0.717) is 13.1 Å². The van der Waals surface area contributed by atoms with E-state index in [9.17, 15) is 18.0 Å². The molecule has 0 bridgehead atoms. The number of amides is 1. The maximum atomic E-state index is 12.0. The summed E-state index contributed by atoms with van der Waals surface area (Å²) in [4.78, 5) is 17.9. The molecule has 1 aliphatic rings. The Labute approximate surface area is 124 Å². The van der Waals surface area contributed by atoms with Crippen molar-refractivity contribution >= 4 is 17.2 Å². The Morgan fingerprint density at radius 1 is 1.57 bits per heavy atom. The van der Waals surface area contributed by atoms with Gasteiger partial charge >= 0.3 is 6.18 Å². The fourth-order valence-electron chi connectivity index (χ4n) is 2.31. The van der Waals surface area contributed by atoms with Crippen molar-refractivity contribution in [1.29, 1.82) is 0 Å². The number of ether oxygens (including phenoxy) is 1. The number of carbonyl (C=O) groups excluding carboxylic acids is 1. The smallest absolute Gasteiger partial charge is 0.362 e. The van der Waals surface area contributed by atoms with Gasteiger partial charge in [0.05, 0.1) is 5.01 Å². The number of alkyl halides is 3. The Hall–Kier alpha value is -1.15. The molecule has 0 radical (unpaired) electrons. The summed E-state index contributed by atoms with van der Waals surface area (Å²) >= 11 is 1.56. The van der Waals surface area contributed by atoms with E-state index in [0.717, 1.165) is 23.5 Å². The molecule has 21 heavy (non-hydrogen) atoms. The summed E-state index contributed by atoms with van der Waals surface area (Å²) in [6.45, 7) is 1.07. The molecule has 0 aliphatic carbocycles. The highest BCUT2D eigenvalue weighted by atomic mass is 32.1. The Morgan fingerprint density at radius 3 is 2.95 bits per heavy atom. The zero-order valence-corrected chi connectivity index (χ0v) is 12.5. The molecule has 1 aliphatic heterocycles. The Balaban J connectivity index is 1.84. The highest BCUT2D eigenvalue weighted by Gasteiger charge is 2.30. The topological polar surface area (TPSA) is 42.4 Å². The molecule has 2 heterocycles. The van der Waals surface area contributed by atoms with Gasteiger partial charge in [0.15, 0.2) is 0 Å². The molecule has 0 saturated carbocycles. The fourth-order valence-corrected chi connectivity index (χ4v) is 3.24. The van der Waals surface area contributed by atoms with Gasteiger partial charge in [-0.05, 0) is 19.8 Å². The number of hydrogen-bond acceptors (Lipinski definition) is 4. The molecule has 1 saturated heterocycles. The number of hydrogen-bond donors (Lipinski definition) is 0. The van der Waals surface area contributed by atoms with Crippen LogP contribution in [0.3, 0.4) is 0 Å². The van der Waals surface area contributed by atoms with E-state index in [4.69, 9.17) is 0 Å². The highest BCUT2D eigenvalue weighted by Crippen LogP contribution is 2.29. The number of carbonyl (C=O) groups is 1. The second-order valence-electron chi connectivity index (χ2n) is 5.11. The molecule has 0 spiro atoms. The number of nitrogens with zero attached hydrogens (tertiary/aromatic N) is 2. The third kappa shape index (κ3) is 4.96. The zero-order chi connectivity index (χ0) is 15.5. The van der Waals surface area contributed by atoms with Gasteiger partial charge in [0.25, 0.3) is 0 Å². The number of halogens is 3. The van der Waals surface area contributed by atoms with Crippen LogP contribution in [0.1, 0.15) is 29.5 Å². The van der Waals surface area contributed by atoms with Crippen LogP contribution < -0.4 is 0 Å². The maximum absolute atomic E-state index is 12.0. The van der Waals surface area contributed by atoms with Crippen LogP contribution in [0.5, 0.6) is 0 Å². The summed E-state index contributed by atoms with van der Waals surface area (Å²) < 4.78 is 40.4. The summed E-state index contributed by atoms with van der Waals surface area (Å²) in [5.74, 6) is -0.221. The average Bonchev–Trinajstić information content (AvgIpc) is 2.84. The molecule has 0 N–H and O–H groups in total. The van der Waals surface area contributed by atoms with E-state index >= 15 is 0 Å². The minimum Gasteiger partial charge on any atom is -0.362 e. The summed E-state index contributed by atoms with van der Waals surface area (Å²) in [5, 5.41) is 2.95. The number of rotatable bonds is 4. The van der Waals surface area contributed by atoms with Crippen LogP contribution >= 0.6 is 11.3 Å². The van der Waals surface area contributed by atoms with Gasteiger partial charge in [-0.15, -0.1) is 11.3 Å². The first-order valence-corrected chi connectivity index (χ1v) is 7.57. The van der Waals surface area contributed by atoms with Crippen LogP contribution in [0, 0.1) is 6.92 Å². The van der Waals surface area contributed by atoms with Crippen LogP contribution in [0.4, 0.5) is 13.2 Å². The normalized spacial score (nSPS) is 19.8. The van der Waals surface area contributed by atoms with Gasteiger partial charge in [-0.2, -0.15) is 13.2 Å². The standard InChI is InChI=1S/C13H17F3N2O2S/c1-9-7-21-12(17-9)10-3-2-4-18(5-10)11(19)6-20-8-13(14,15)16/h7,10H,2-6,8H2,1H3/t10-/m0/s1. The van der Waals surface area contributed by atoms with E-state index < -0.39 is 25.3 Å². The molecular weight excluding hydrogens is 305 g/mol. The van der Waals surface area contributed by atoms with Gasteiger partial charge in [0.1, 0.15) is 13.2 Å². The van der Waals surface area contributed by atoms with Crippen LogP contribution in [0.2, 0.25) is 0 Å². The predicted octanol–water partition coefficient (Wildman–Crippen LogP) is 2.74. The van der Waals surface area contributed by atoms with Crippen LogP contribution in [0.15, 0.2) is 5.38 Å². The monoisotopic (exact) mass is 322 g/mol. The number of aromatic nitrogens is 1. The van der Waals surface area contributed by atoms with Crippen molar-refractivity contribution in [1.82, 2.24) is 9.88 Å². The van der Waals surface area contributed by atoms with Crippen LogP contribution in [0.25, 0.3) is 0 Å². The SMILES string of the molecule is Cc1csc([C@H]2CCCN(C(=O)COCC(F)(F)F)C2)n1. The minimum absolute atomic E-state index is 0.170. The summed E-state index contributed by atoms with van der Waals surface area (Å²) in [6, 6.07) is 0. The minimum atomic E-state index is -4.40. The van der Waals surface area contributed by atoms with E-state index in [1.165, 1.54) is 0 Å². The first-order valence-electron chi connectivity index (χ1n) is 6.69. The first-order chi connectivity index (χ1) is 9.85. The van der Waals surface area contributed by atoms with E-state index in [-0.39, 0.29) is 5.92 Å². The van der Waals surface area contributed by atoms with Gasteiger partial charge in [-0.3, -0.25) is 4.79 Å². The molecule has 1 aromatic rings. The molecule has 2 rings (SSSR count). The summed E-state index contributed by atoms with van der Waals surface area (Å²) in [6.07, 6.45) is -2.63. The van der Waals surface area contributed by atoms with Gasteiger partial charge < -0.3 is 9.64 Å². The highest BCUT2D eigenvalue weighted by molar-refractivity contribution is 7.09. The van der Waals surface area contributed by atoms with Gasteiger partial charge in [0.2, 0.25) is 5.91 Å². The fraction of sp³-hybridized carbons (Fsp3) is 0.692. The molecule has 8 heteroatoms. The second-order valence-corrected chi connectivity index (χ2v) is 6.00. The Morgan fingerprint density at radius 2 is 2.33 bits per heavy atom. The summed E-state index contributed by atoms with van der Waals surface area (Å²) in [5.41, 5.74) is 0.951. The van der Waals surface area contributed by atoms with Crippen molar-refractivity contribution in [3.05, 3.63) is 16.1 Å². The second kappa shape index (κ2) is 6.74. The lowest BCUT2D eigenvalue weighted by atomic mass is 9.99. The lowest BCUT2D eigenvalue weighted by Gasteiger charge is -2.31. The molecule has 0 aromatic carbocycles. The lowest BCUT2D eigenvalue weighted by molar-refractivity contribution is -0.178. The largest absolute Gasteiger partial charge is 0.411 e. The number of piperidine rings is 1. The van der Waals surface area contributed by atoms with Crippen molar-refractivity contribution in [2.24, 2.45) is 0 Å². The summed E-state index contributed by atoms with van der Waals surface area (Å²) in [7, 11) is 0. The number of thiazole rings is 1. The molecule has 1 fully saturated rings. The molecular formula is C13H17F3N2O2S. The molecule has 1 atom stereocenters. The van der Waals surface area contributed by atoms with Crippen molar-refractivity contribution in [3.63, 3.8) is 0 Å². The first kappa shape index (κ1) is 16.2. The van der Waals surface area contributed by atoms with E-state index in [1.807, 2.05) is 12.3 Å². The van der Waals surface area contributed by atoms with Crippen LogP contribution in [-0.4, -0.2) is 48.3 Å². The third-order valence-corrected chi connectivity index (χ3v) is 4.38. The Kier molecular flexibility index (Phi) is 5.21. The van der Waals surface area contributed by atoms with Crippen LogP contribution in [-0.2, 0) is 9.53 Å². The Bertz CT molecular complexity index is 490. The van der Waals surface area contributed by atoms with Crippen molar-refractivity contribution in [2.75, 3.05) is 26.3 Å². The zero-order valence-electron chi connectivity index (χ0n) is 11.7. The number of aryl methyl sites for hydroxylation is 1. The molecule has 0 unspecified atom stereocenters. The van der Waals surface area contributed by atoms with Gasteiger partial charge in [-0.25, -0.2) is 4.98 Å². The van der Waals surface area contributed by atoms with Crippen molar-refractivity contribution < 1.29 is 22.7 Å². The number of likely N-dealkylation sites (tertiary alicyclic amines) is 1. The van der Waals surface area contributed by atoms with Gasteiger partial charge in [0, 0.05) is 30.1 Å². The van der Waals surface area contributed by atoms with Crippen molar-refractivity contribution in [2.45, 2.75) is 31.9 Å². The average molecular weight is 322 g/mol. The third-order valence-electron chi connectivity index (χ3n) is 3.25. The molecule has 1 aromatic heterocycles. The van der Waals surface area contributed by atoms with E-state index in [2.05, 4.69) is 9.72 Å². The maximum Gasteiger partial charge on any atom is 0.411 e. The predicted molar refractivity (Wildman–Crippen MR) is 72.3 cm³/mol. The van der Waals surface area contributed by atoms with Gasteiger partial charge in [-0.1, -0.05) is 0 Å². The van der Waals surface area contributed by atoms with Crippen molar-refractivity contribution in [3.8, 4) is 0 Å². The molecule has 118 valence electrons. The van der Waals surface area contributed by atoms with E-state index in [1.54, 1.807) is 16.2 Å². The lowest BCUT2D eigenvalue weighted by Crippen LogP contribution is -2.41.